The molecule has 43 heavy (non-hydrogen) atoms. The van der Waals surface area contributed by atoms with E-state index in [1.165, 1.54) is 0 Å². The molecular weight excluding hydrogens is 534 g/mol. The summed E-state index contributed by atoms with van der Waals surface area (Å²) >= 11 is 0. The van der Waals surface area contributed by atoms with Gasteiger partial charge in [0.15, 0.2) is 5.78 Å². The van der Waals surface area contributed by atoms with Crippen LogP contribution in [0.25, 0.3) is 0 Å². The van der Waals surface area contributed by atoms with Crippen LogP contribution >= 0.6 is 0 Å². The third-order valence-electron chi connectivity index (χ3n) is 8.25. The van der Waals surface area contributed by atoms with Gasteiger partial charge in [-0.05, 0) is 42.0 Å². The highest BCUT2D eigenvalue weighted by Crippen LogP contribution is 2.47. The zero-order valence-electron chi connectivity index (χ0n) is 24.3. The summed E-state index contributed by atoms with van der Waals surface area (Å²) in [4.78, 5) is 27.9. The van der Waals surface area contributed by atoms with Gasteiger partial charge in [-0.2, -0.15) is 0 Å². The Morgan fingerprint density at radius 2 is 1.42 bits per heavy atom. The molecule has 0 unspecified atom stereocenters. The maximum absolute atomic E-state index is 14.0. The van der Waals surface area contributed by atoms with E-state index >= 15 is 0 Å². The number of rotatable bonds is 9. The van der Waals surface area contributed by atoms with Crippen molar-refractivity contribution in [2.45, 2.75) is 44.6 Å². The number of carbonyl (C=O) groups is 2. The number of para-hydroxylation sites is 1. The largest absolute Gasteiger partial charge is 0.489 e. The first-order chi connectivity index (χ1) is 21.1. The van der Waals surface area contributed by atoms with E-state index in [4.69, 9.17) is 9.47 Å². The zero-order valence-corrected chi connectivity index (χ0v) is 24.3. The number of Topliss-reactive ketones (excluding diaryl/α,β-unsaturated/α-hetero) is 1. The maximum Gasteiger partial charge on any atom is 0.336 e. The van der Waals surface area contributed by atoms with Crippen LogP contribution in [0.2, 0.25) is 0 Å². The van der Waals surface area contributed by atoms with Crippen LogP contribution < -0.4 is 10.1 Å². The van der Waals surface area contributed by atoms with Crippen LogP contribution in [0, 0.1) is 0 Å². The summed E-state index contributed by atoms with van der Waals surface area (Å²) in [5, 5.41) is 3.46. The Morgan fingerprint density at radius 1 is 0.791 bits per heavy atom. The van der Waals surface area contributed by atoms with E-state index in [1.54, 1.807) is 0 Å². The highest BCUT2D eigenvalue weighted by atomic mass is 16.5. The van der Waals surface area contributed by atoms with Gasteiger partial charge in [-0.15, -0.1) is 0 Å². The van der Waals surface area contributed by atoms with Crippen molar-refractivity contribution < 1.29 is 19.1 Å². The minimum absolute atomic E-state index is 0.0348. The lowest BCUT2D eigenvalue weighted by atomic mass is 9.71. The second-order valence-electron chi connectivity index (χ2n) is 11.1. The minimum atomic E-state index is -0.600. The number of allylic oxidation sites excluding steroid dienone is 3. The summed E-state index contributed by atoms with van der Waals surface area (Å²) in [5.74, 6) is -0.277. The van der Waals surface area contributed by atoms with Gasteiger partial charge in [-0.1, -0.05) is 109 Å². The molecule has 0 radical (unpaired) electrons. The molecule has 6 rings (SSSR count). The lowest BCUT2D eigenvalue weighted by molar-refractivity contribution is -0.139. The SMILES string of the molecule is CC1=C(C(=O)OCCc2ccccc2)[C@@H](c2ccccc2OCc2ccccc2)C2=C(C[C@H](c3ccccc3)CC2=O)N1. The number of ether oxygens (including phenoxy) is 2. The van der Waals surface area contributed by atoms with Crippen LogP contribution in [0.4, 0.5) is 0 Å². The first-order valence-electron chi connectivity index (χ1n) is 14.8. The second kappa shape index (κ2) is 13.0. The number of hydrogen-bond acceptors (Lipinski definition) is 5. The Hall–Kier alpha value is -4.90. The van der Waals surface area contributed by atoms with E-state index in [0.717, 1.165) is 28.0 Å². The standard InChI is InChI=1S/C38H35NO4/c1-26-35(38(41)42-22-21-27-13-5-2-6-14-27)36(31-19-11-12-20-34(31)43-25-28-15-7-3-8-16-28)37-32(39-26)23-30(24-33(37)40)29-17-9-4-10-18-29/h2-20,30,36,39H,21-25H2,1H3/t30-,36+/m0/s1. The predicted molar refractivity (Wildman–Crippen MR) is 167 cm³/mol. The lowest BCUT2D eigenvalue weighted by Gasteiger charge is -2.37. The molecule has 0 saturated carbocycles. The summed E-state index contributed by atoms with van der Waals surface area (Å²) in [7, 11) is 0. The third kappa shape index (κ3) is 6.31. The van der Waals surface area contributed by atoms with Crippen molar-refractivity contribution in [2.75, 3.05) is 6.61 Å². The van der Waals surface area contributed by atoms with Crippen molar-refractivity contribution in [3.63, 3.8) is 0 Å². The number of dihydropyridines is 1. The van der Waals surface area contributed by atoms with Gasteiger partial charge >= 0.3 is 5.97 Å². The van der Waals surface area contributed by atoms with Gasteiger partial charge in [0.1, 0.15) is 12.4 Å². The maximum atomic E-state index is 14.0. The summed E-state index contributed by atoms with van der Waals surface area (Å²) in [6.45, 7) is 2.52. The number of hydrogen-bond donors (Lipinski definition) is 1. The number of ketones is 1. The van der Waals surface area contributed by atoms with Crippen molar-refractivity contribution in [3.8, 4) is 5.75 Å². The zero-order chi connectivity index (χ0) is 29.6. The smallest absolute Gasteiger partial charge is 0.336 e. The summed E-state index contributed by atoms with van der Waals surface area (Å²) < 4.78 is 12.2. The Labute approximate surface area is 252 Å². The topological polar surface area (TPSA) is 64.6 Å². The molecule has 0 amide bonds. The van der Waals surface area contributed by atoms with E-state index in [0.29, 0.717) is 48.5 Å². The van der Waals surface area contributed by atoms with Crippen LogP contribution in [-0.4, -0.2) is 18.4 Å². The van der Waals surface area contributed by atoms with Crippen molar-refractivity contribution >= 4 is 11.8 Å². The fraction of sp³-hybridized carbons (Fsp3) is 0.211. The quantitative estimate of drug-likeness (QED) is 0.213. The minimum Gasteiger partial charge on any atom is -0.489 e. The first-order valence-corrected chi connectivity index (χ1v) is 14.8. The summed E-state index contributed by atoms with van der Waals surface area (Å²) in [6.07, 6.45) is 1.67. The fourth-order valence-corrected chi connectivity index (χ4v) is 6.15. The average molecular weight is 570 g/mol. The van der Waals surface area contributed by atoms with E-state index < -0.39 is 11.9 Å². The van der Waals surface area contributed by atoms with Crippen molar-refractivity contribution in [1.82, 2.24) is 5.32 Å². The summed E-state index contributed by atoms with van der Waals surface area (Å²) in [5.41, 5.74) is 6.71. The van der Waals surface area contributed by atoms with Crippen LogP contribution in [-0.2, 0) is 27.4 Å². The molecule has 4 aromatic rings. The van der Waals surface area contributed by atoms with Crippen LogP contribution in [0.15, 0.2) is 138 Å². The molecule has 2 aliphatic rings. The molecular formula is C38H35NO4. The van der Waals surface area contributed by atoms with Gasteiger partial charge in [0.05, 0.1) is 18.1 Å². The third-order valence-corrected chi connectivity index (χ3v) is 8.25. The molecule has 2 atom stereocenters. The fourth-order valence-electron chi connectivity index (χ4n) is 6.15. The Bertz CT molecular complexity index is 1660. The van der Waals surface area contributed by atoms with E-state index in [2.05, 4.69) is 17.4 Å². The first kappa shape index (κ1) is 28.2. The van der Waals surface area contributed by atoms with Crippen molar-refractivity contribution in [1.29, 1.82) is 0 Å². The number of benzene rings is 4. The number of carbonyl (C=O) groups excluding carboxylic acids is 2. The second-order valence-corrected chi connectivity index (χ2v) is 11.1. The molecule has 0 fully saturated rings. The molecule has 5 nitrogen and oxygen atoms in total. The average Bonchev–Trinajstić information content (AvgIpc) is 3.04. The monoisotopic (exact) mass is 569 g/mol. The number of esters is 1. The highest BCUT2D eigenvalue weighted by molar-refractivity contribution is 6.04. The van der Waals surface area contributed by atoms with Crippen LogP contribution in [0.1, 0.15) is 53.9 Å². The van der Waals surface area contributed by atoms with Gasteiger partial charge in [0.25, 0.3) is 0 Å². The molecule has 1 N–H and O–H groups in total. The molecule has 1 aliphatic heterocycles. The normalized spacial score (nSPS) is 18.1. The molecule has 0 bridgehead atoms. The van der Waals surface area contributed by atoms with Gasteiger partial charge in [0.2, 0.25) is 0 Å². The van der Waals surface area contributed by atoms with Crippen LogP contribution in [0.5, 0.6) is 5.75 Å². The summed E-state index contributed by atoms with van der Waals surface area (Å²) in [6, 6.07) is 37.8. The lowest BCUT2D eigenvalue weighted by Crippen LogP contribution is -2.36. The Morgan fingerprint density at radius 3 is 2.14 bits per heavy atom. The van der Waals surface area contributed by atoms with E-state index in [-0.39, 0.29) is 18.3 Å². The molecule has 216 valence electrons. The molecule has 0 saturated heterocycles. The predicted octanol–water partition coefficient (Wildman–Crippen LogP) is 7.41. The van der Waals surface area contributed by atoms with Gasteiger partial charge in [0, 0.05) is 35.4 Å². The van der Waals surface area contributed by atoms with E-state index in [9.17, 15) is 9.59 Å². The Balaban J connectivity index is 1.35. The van der Waals surface area contributed by atoms with E-state index in [1.807, 2.05) is 110 Å². The molecule has 1 heterocycles. The highest BCUT2D eigenvalue weighted by Gasteiger charge is 2.42. The molecule has 1 aliphatic carbocycles. The van der Waals surface area contributed by atoms with Crippen LogP contribution in [0.3, 0.4) is 0 Å². The molecule has 4 aromatic carbocycles. The Kier molecular flexibility index (Phi) is 8.50. The van der Waals surface area contributed by atoms with Crippen molar-refractivity contribution in [2.24, 2.45) is 0 Å². The molecule has 0 aromatic heterocycles. The van der Waals surface area contributed by atoms with Crippen molar-refractivity contribution in [3.05, 3.63) is 160 Å². The van der Waals surface area contributed by atoms with Gasteiger partial charge < -0.3 is 14.8 Å². The number of nitrogens with one attached hydrogen (secondary N) is 1. The van der Waals surface area contributed by atoms with Gasteiger partial charge in [-0.3, -0.25) is 4.79 Å². The molecule has 0 spiro atoms. The molecule has 5 heteroatoms. The van der Waals surface area contributed by atoms with Gasteiger partial charge in [-0.25, -0.2) is 4.79 Å².